The van der Waals surface area contributed by atoms with Crippen molar-refractivity contribution in [3.63, 3.8) is 0 Å². The van der Waals surface area contributed by atoms with Crippen LogP contribution in [-0.2, 0) is 0 Å². The third-order valence-electron chi connectivity index (χ3n) is 4.59. The molecule has 0 aliphatic heterocycles. The average Bonchev–Trinajstić information content (AvgIpc) is 2.83. The molecule has 0 amide bonds. The van der Waals surface area contributed by atoms with Crippen molar-refractivity contribution < 1.29 is 4.52 Å². The fourth-order valence-corrected chi connectivity index (χ4v) is 3.17. The number of nitrogens with one attached hydrogen (secondary N) is 1. The molecule has 0 saturated heterocycles. The van der Waals surface area contributed by atoms with Gasteiger partial charge < -0.3 is 9.84 Å². The molecule has 1 aliphatic rings. The van der Waals surface area contributed by atoms with Crippen molar-refractivity contribution in [1.82, 2.24) is 15.1 Å². The Hall–Kier alpha value is -1.91. The summed E-state index contributed by atoms with van der Waals surface area (Å²) in [6, 6.07) is 0.483. The molecule has 2 heterocycles. The van der Waals surface area contributed by atoms with Crippen LogP contribution in [0.5, 0.6) is 0 Å². The molecule has 0 bridgehead atoms. The number of nitrogens with zero attached hydrogens (tertiary/aromatic N) is 3. The van der Waals surface area contributed by atoms with Crippen LogP contribution in [0.2, 0.25) is 0 Å². The van der Waals surface area contributed by atoms with Gasteiger partial charge in [-0.15, -0.1) is 0 Å². The summed E-state index contributed by atoms with van der Waals surface area (Å²) in [6.07, 6.45) is 6.82. The highest BCUT2D eigenvalue weighted by Gasteiger charge is 2.20. The number of hydrogen-bond acceptors (Lipinski definition) is 5. The minimum atomic E-state index is 0.483. The van der Waals surface area contributed by atoms with E-state index in [1.165, 1.54) is 25.7 Å². The summed E-state index contributed by atoms with van der Waals surface area (Å²) in [7, 11) is 0. The quantitative estimate of drug-likeness (QED) is 0.926. The molecule has 0 unspecified atom stereocenters. The highest BCUT2D eigenvalue weighted by atomic mass is 16.5. The first kappa shape index (κ1) is 15.0. The van der Waals surface area contributed by atoms with Gasteiger partial charge in [0.1, 0.15) is 5.76 Å². The molecular weight excluding hydrogens is 276 g/mol. The largest absolute Gasteiger partial charge is 0.361 e. The molecule has 1 saturated carbocycles. The van der Waals surface area contributed by atoms with Crippen molar-refractivity contribution in [1.29, 1.82) is 0 Å². The van der Waals surface area contributed by atoms with Crippen molar-refractivity contribution in [2.75, 3.05) is 5.32 Å². The number of anilines is 1. The minimum Gasteiger partial charge on any atom is -0.361 e. The van der Waals surface area contributed by atoms with Gasteiger partial charge in [0.2, 0.25) is 5.95 Å². The van der Waals surface area contributed by atoms with E-state index in [1.807, 2.05) is 27.0 Å². The van der Waals surface area contributed by atoms with Crippen molar-refractivity contribution in [3.8, 4) is 11.3 Å². The Labute approximate surface area is 131 Å². The molecule has 2 aromatic rings. The van der Waals surface area contributed by atoms with E-state index in [-0.39, 0.29) is 0 Å². The van der Waals surface area contributed by atoms with Gasteiger partial charge in [0.25, 0.3) is 0 Å². The highest BCUT2D eigenvalue weighted by molar-refractivity contribution is 5.67. The summed E-state index contributed by atoms with van der Waals surface area (Å²) in [5.41, 5.74) is 3.81. The topological polar surface area (TPSA) is 63.8 Å². The molecule has 1 fully saturated rings. The second-order valence-electron chi connectivity index (χ2n) is 6.53. The Kier molecular flexibility index (Phi) is 4.14. The molecular formula is C17H24N4O. The van der Waals surface area contributed by atoms with Gasteiger partial charge in [0.05, 0.1) is 17.0 Å². The van der Waals surface area contributed by atoms with E-state index in [1.54, 1.807) is 0 Å². The first-order valence-electron chi connectivity index (χ1n) is 8.08. The van der Waals surface area contributed by atoms with Crippen LogP contribution in [0.1, 0.15) is 49.6 Å². The zero-order valence-corrected chi connectivity index (χ0v) is 13.8. The third-order valence-corrected chi connectivity index (χ3v) is 4.59. The molecule has 5 heteroatoms. The van der Waals surface area contributed by atoms with E-state index in [4.69, 9.17) is 9.51 Å². The van der Waals surface area contributed by atoms with Crippen molar-refractivity contribution in [2.45, 2.75) is 59.4 Å². The van der Waals surface area contributed by atoms with E-state index < -0.39 is 0 Å². The van der Waals surface area contributed by atoms with Gasteiger partial charge in [-0.05, 0) is 57.9 Å². The summed E-state index contributed by atoms with van der Waals surface area (Å²) in [5.74, 6) is 2.35. The maximum absolute atomic E-state index is 5.28. The first-order chi connectivity index (χ1) is 10.5. The number of rotatable bonds is 3. The Morgan fingerprint density at radius 3 is 2.50 bits per heavy atom. The number of aromatic nitrogens is 3. The molecule has 0 aromatic carbocycles. The summed E-state index contributed by atoms with van der Waals surface area (Å²) >= 11 is 0. The zero-order chi connectivity index (χ0) is 15.7. The van der Waals surface area contributed by atoms with E-state index in [0.717, 1.165) is 34.2 Å². The maximum atomic E-state index is 5.28. The monoisotopic (exact) mass is 300 g/mol. The summed E-state index contributed by atoms with van der Waals surface area (Å²) in [4.78, 5) is 9.18. The van der Waals surface area contributed by atoms with Gasteiger partial charge in [0.15, 0.2) is 0 Å². The predicted molar refractivity (Wildman–Crippen MR) is 86.8 cm³/mol. The Morgan fingerprint density at radius 1 is 1.14 bits per heavy atom. The van der Waals surface area contributed by atoms with Gasteiger partial charge in [-0.3, -0.25) is 0 Å². The molecule has 0 spiro atoms. The van der Waals surface area contributed by atoms with E-state index in [0.29, 0.717) is 12.0 Å². The highest BCUT2D eigenvalue weighted by Crippen LogP contribution is 2.29. The lowest BCUT2D eigenvalue weighted by Crippen LogP contribution is -2.26. The summed E-state index contributed by atoms with van der Waals surface area (Å²) in [5, 5.41) is 7.53. The molecule has 0 radical (unpaired) electrons. The molecule has 1 aliphatic carbocycles. The van der Waals surface area contributed by atoms with Gasteiger partial charge >= 0.3 is 0 Å². The van der Waals surface area contributed by atoms with Crippen LogP contribution in [0.4, 0.5) is 5.95 Å². The predicted octanol–water partition coefficient (Wildman–Crippen LogP) is 4.05. The summed E-state index contributed by atoms with van der Waals surface area (Å²) < 4.78 is 5.28. The fourth-order valence-electron chi connectivity index (χ4n) is 3.17. The lowest BCUT2D eigenvalue weighted by Gasteiger charge is -2.27. The van der Waals surface area contributed by atoms with Gasteiger partial charge in [0, 0.05) is 12.2 Å². The minimum absolute atomic E-state index is 0.483. The Bertz CT molecular complexity index is 637. The first-order valence-corrected chi connectivity index (χ1v) is 8.08. The van der Waals surface area contributed by atoms with Gasteiger partial charge in [-0.2, -0.15) is 0 Å². The van der Waals surface area contributed by atoms with E-state index in [9.17, 15) is 0 Å². The van der Waals surface area contributed by atoms with Crippen LogP contribution in [-0.4, -0.2) is 21.2 Å². The normalized spacial score (nSPS) is 21.8. The molecule has 22 heavy (non-hydrogen) atoms. The Morgan fingerprint density at radius 2 is 1.86 bits per heavy atom. The lowest BCUT2D eigenvalue weighted by molar-refractivity contribution is 0.360. The molecule has 118 valence electrons. The van der Waals surface area contributed by atoms with Crippen LogP contribution in [0.25, 0.3) is 11.3 Å². The smallest absolute Gasteiger partial charge is 0.223 e. The number of hydrogen-bond donors (Lipinski definition) is 1. The SMILES string of the molecule is Cc1cnc(NC2CCC(C)CC2)nc1-c1c(C)noc1C. The second-order valence-corrected chi connectivity index (χ2v) is 6.53. The van der Waals surface area contributed by atoms with Crippen molar-refractivity contribution in [3.05, 3.63) is 23.2 Å². The van der Waals surface area contributed by atoms with Gasteiger partial charge in [-0.25, -0.2) is 9.97 Å². The average molecular weight is 300 g/mol. The van der Waals surface area contributed by atoms with Crippen LogP contribution in [0.15, 0.2) is 10.7 Å². The van der Waals surface area contributed by atoms with Gasteiger partial charge in [-0.1, -0.05) is 12.1 Å². The molecule has 2 aromatic heterocycles. The van der Waals surface area contributed by atoms with Crippen LogP contribution in [0, 0.1) is 26.7 Å². The maximum Gasteiger partial charge on any atom is 0.223 e. The molecule has 5 nitrogen and oxygen atoms in total. The van der Waals surface area contributed by atoms with Crippen LogP contribution in [0.3, 0.4) is 0 Å². The van der Waals surface area contributed by atoms with Crippen LogP contribution < -0.4 is 5.32 Å². The van der Waals surface area contributed by atoms with E-state index >= 15 is 0 Å². The fraction of sp³-hybridized carbons (Fsp3) is 0.588. The van der Waals surface area contributed by atoms with Crippen molar-refractivity contribution >= 4 is 5.95 Å². The summed E-state index contributed by atoms with van der Waals surface area (Å²) in [6.45, 7) is 8.22. The second kappa shape index (κ2) is 6.07. The number of aryl methyl sites for hydroxylation is 3. The molecule has 3 rings (SSSR count). The van der Waals surface area contributed by atoms with Crippen LogP contribution >= 0.6 is 0 Å². The lowest BCUT2D eigenvalue weighted by atomic mass is 9.87. The zero-order valence-electron chi connectivity index (χ0n) is 13.8. The van der Waals surface area contributed by atoms with Crippen molar-refractivity contribution in [2.24, 2.45) is 5.92 Å². The molecule has 1 N–H and O–H groups in total. The third kappa shape index (κ3) is 2.98. The molecule has 0 atom stereocenters. The Balaban J connectivity index is 1.84. The standard InChI is InChI=1S/C17H24N4O/c1-10-5-7-14(8-6-10)19-17-18-9-11(2)16(20-17)15-12(3)21-22-13(15)4/h9-10,14H,5-8H2,1-4H3,(H,18,19,20). The van der Waals surface area contributed by atoms with E-state index in [2.05, 4.69) is 22.4 Å².